The van der Waals surface area contributed by atoms with E-state index < -0.39 is 0 Å². The van der Waals surface area contributed by atoms with Crippen LogP contribution in [0.2, 0.25) is 0 Å². The summed E-state index contributed by atoms with van der Waals surface area (Å²) in [6.07, 6.45) is 3.79. The predicted molar refractivity (Wildman–Crippen MR) is 101 cm³/mol. The Labute approximate surface area is 160 Å². The second kappa shape index (κ2) is 8.55. The van der Waals surface area contributed by atoms with Crippen molar-refractivity contribution in [1.82, 2.24) is 10.2 Å². The summed E-state index contributed by atoms with van der Waals surface area (Å²) in [5.41, 5.74) is 0.902. The molecule has 2 atom stereocenters. The molecule has 1 saturated heterocycles. The fourth-order valence-corrected chi connectivity index (χ4v) is 3.97. The molecule has 1 aromatic rings. The van der Waals surface area contributed by atoms with Crippen LogP contribution in [-0.4, -0.2) is 35.3 Å². The number of nitrogens with one attached hydrogen (secondary N) is 1. The lowest BCUT2D eigenvalue weighted by Gasteiger charge is -2.19. The van der Waals surface area contributed by atoms with E-state index in [4.69, 9.17) is 4.74 Å². The smallest absolute Gasteiger partial charge is 0.233 e. The summed E-state index contributed by atoms with van der Waals surface area (Å²) in [5, 5.41) is 2.86. The fourth-order valence-electron chi connectivity index (χ4n) is 3.97. The highest BCUT2D eigenvalue weighted by Gasteiger charge is 2.47. The first-order chi connectivity index (χ1) is 13.0. The number of ether oxygens (including phenoxy) is 1. The van der Waals surface area contributed by atoms with Crippen LogP contribution in [0.4, 0.5) is 0 Å². The standard InChI is InChI=1S/C21H28N2O4/c1-14(2)27-18-10-6-3-7-15(18)13-22-19(24)11-12-23-20(25)16-8-4-5-9-17(16)21(23)26/h3,6-7,10,14,16-17H,4-5,8-9,11-13H2,1-2H3,(H,22,24). The number of imide groups is 1. The molecular weight excluding hydrogens is 344 g/mol. The zero-order valence-electron chi connectivity index (χ0n) is 16.1. The first-order valence-corrected chi connectivity index (χ1v) is 9.84. The minimum Gasteiger partial charge on any atom is -0.491 e. The molecule has 27 heavy (non-hydrogen) atoms. The normalized spacial score (nSPS) is 22.1. The van der Waals surface area contributed by atoms with Crippen LogP contribution in [0.15, 0.2) is 24.3 Å². The minimum atomic E-state index is -0.176. The van der Waals surface area contributed by atoms with Crippen molar-refractivity contribution in [3.8, 4) is 5.75 Å². The molecule has 2 aliphatic rings. The average Bonchev–Trinajstić information content (AvgIpc) is 2.90. The zero-order chi connectivity index (χ0) is 19.4. The molecule has 2 unspecified atom stereocenters. The van der Waals surface area contributed by atoms with Gasteiger partial charge in [-0.05, 0) is 32.8 Å². The predicted octanol–water partition coefficient (Wildman–Crippen LogP) is 2.66. The third-order valence-corrected chi connectivity index (χ3v) is 5.31. The molecule has 3 amide bonds. The van der Waals surface area contributed by atoms with E-state index in [2.05, 4.69) is 5.32 Å². The van der Waals surface area contributed by atoms with Crippen molar-refractivity contribution < 1.29 is 19.1 Å². The molecule has 1 aliphatic heterocycles. The van der Waals surface area contributed by atoms with Crippen molar-refractivity contribution in [2.45, 2.75) is 58.6 Å². The first-order valence-electron chi connectivity index (χ1n) is 9.84. The lowest BCUT2D eigenvalue weighted by atomic mass is 9.81. The molecule has 0 bridgehead atoms. The maximum absolute atomic E-state index is 12.4. The van der Waals surface area contributed by atoms with Crippen LogP contribution >= 0.6 is 0 Å². The van der Waals surface area contributed by atoms with Gasteiger partial charge in [0, 0.05) is 25.1 Å². The number of hydrogen-bond acceptors (Lipinski definition) is 4. The minimum absolute atomic E-state index is 0.0533. The van der Waals surface area contributed by atoms with E-state index in [-0.39, 0.29) is 48.6 Å². The number of benzene rings is 1. The molecule has 146 valence electrons. The number of fused-ring (bicyclic) bond motifs is 1. The van der Waals surface area contributed by atoms with Gasteiger partial charge in [-0.2, -0.15) is 0 Å². The van der Waals surface area contributed by atoms with E-state index in [1.807, 2.05) is 38.1 Å². The van der Waals surface area contributed by atoms with Crippen molar-refractivity contribution >= 4 is 17.7 Å². The van der Waals surface area contributed by atoms with Crippen LogP contribution in [0.3, 0.4) is 0 Å². The molecule has 3 rings (SSSR count). The number of likely N-dealkylation sites (tertiary alicyclic amines) is 1. The fraction of sp³-hybridized carbons (Fsp3) is 0.571. The summed E-state index contributed by atoms with van der Waals surface area (Å²) >= 11 is 0. The van der Waals surface area contributed by atoms with E-state index in [9.17, 15) is 14.4 Å². The maximum atomic E-state index is 12.4. The third-order valence-electron chi connectivity index (χ3n) is 5.31. The first kappa shape index (κ1) is 19.4. The molecule has 2 fully saturated rings. The van der Waals surface area contributed by atoms with Gasteiger partial charge in [-0.1, -0.05) is 31.0 Å². The number of amides is 3. The van der Waals surface area contributed by atoms with Crippen LogP contribution in [0, 0.1) is 11.8 Å². The summed E-state index contributed by atoms with van der Waals surface area (Å²) in [7, 11) is 0. The molecule has 0 aromatic heterocycles. The molecule has 0 spiro atoms. The van der Waals surface area contributed by atoms with Crippen LogP contribution in [0.1, 0.15) is 51.5 Å². The molecule has 1 heterocycles. The van der Waals surface area contributed by atoms with Gasteiger partial charge in [-0.15, -0.1) is 0 Å². The van der Waals surface area contributed by atoms with Crippen LogP contribution in [-0.2, 0) is 20.9 Å². The van der Waals surface area contributed by atoms with E-state index in [1.54, 1.807) is 0 Å². The Hall–Kier alpha value is -2.37. The number of para-hydroxylation sites is 1. The van der Waals surface area contributed by atoms with Gasteiger partial charge in [0.25, 0.3) is 0 Å². The Balaban J connectivity index is 1.51. The van der Waals surface area contributed by atoms with Gasteiger partial charge in [0.1, 0.15) is 5.75 Å². The van der Waals surface area contributed by atoms with Crippen molar-refractivity contribution in [3.63, 3.8) is 0 Å². The summed E-state index contributed by atoms with van der Waals surface area (Å²) in [6.45, 7) is 4.43. The zero-order valence-corrected chi connectivity index (χ0v) is 16.1. The van der Waals surface area contributed by atoms with Crippen LogP contribution in [0.25, 0.3) is 0 Å². The number of rotatable bonds is 7. The summed E-state index contributed by atoms with van der Waals surface area (Å²) in [5.74, 6) is 0.0803. The SMILES string of the molecule is CC(C)Oc1ccccc1CNC(=O)CCN1C(=O)C2CCCCC2C1=O. The Morgan fingerprint density at radius 2 is 1.78 bits per heavy atom. The number of hydrogen-bond donors (Lipinski definition) is 1. The Kier molecular flexibility index (Phi) is 6.14. The topological polar surface area (TPSA) is 75.7 Å². The lowest BCUT2D eigenvalue weighted by molar-refractivity contribution is -0.140. The summed E-state index contributed by atoms with van der Waals surface area (Å²) in [6, 6.07) is 7.59. The highest BCUT2D eigenvalue weighted by atomic mass is 16.5. The van der Waals surface area contributed by atoms with Gasteiger partial charge >= 0.3 is 0 Å². The lowest BCUT2D eigenvalue weighted by Crippen LogP contribution is -2.35. The largest absolute Gasteiger partial charge is 0.491 e. The number of carbonyl (C=O) groups excluding carboxylic acids is 3. The van der Waals surface area contributed by atoms with E-state index in [0.29, 0.717) is 6.54 Å². The third kappa shape index (κ3) is 4.49. The molecule has 1 N–H and O–H groups in total. The summed E-state index contributed by atoms with van der Waals surface area (Å²) in [4.78, 5) is 38.4. The molecule has 6 nitrogen and oxygen atoms in total. The Bertz CT molecular complexity index is 692. The Morgan fingerprint density at radius 1 is 1.15 bits per heavy atom. The molecule has 0 radical (unpaired) electrons. The van der Waals surface area contributed by atoms with Crippen molar-refractivity contribution in [2.24, 2.45) is 11.8 Å². The Morgan fingerprint density at radius 3 is 2.41 bits per heavy atom. The van der Waals surface area contributed by atoms with Gasteiger partial charge in [-0.3, -0.25) is 19.3 Å². The molecule has 6 heteroatoms. The molecule has 1 saturated carbocycles. The summed E-state index contributed by atoms with van der Waals surface area (Å²) < 4.78 is 5.75. The number of carbonyl (C=O) groups is 3. The highest BCUT2D eigenvalue weighted by Crippen LogP contribution is 2.37. The van der Waals surface area contributed by atoms with E-state index in [0.717, 1.165) is 37.0 Å². The van der Waals surface area contributed by atoms with Crippen LogP contribution in [0.5, 0.6) is 5.75 Å². The van der Waals surface area contributed by atoms with E-state index >= 15 is 0 Å². The van der Waals surface area contributed by atoms with Gasteiger partial charge in [0.15, 0.2) is 0 Å². The van der Waals surface area contributed by atoms with Crippen LogP contribution < -0.4 is 10.1 Å². The molecule has 1 aromatic carbocycles. The monoisotopic (exact) mass is 372 g/mol. The van der Waals surface area contributed by atoms with Gasteiger partial charge in [0.2, 0.25) is 17.7 Å². The van der Waals surface area contributed by atoms with Gasteiger partial charge in [-0.25, -0.2) is 0 Å². The maximum Gasteiger partial charge on any atom is 0.233 e. The van der Waals surface area contributed by atoms with Gasteiger partial charge < -0.3 is 10.1 Å². The van der Waals surface area contributed by atoms with Gasteiger partial charge in [0.05, 0.1) is 17.9 Å². The highest BCUT2D eigenvalue weighted by molar-refractivity contribution is 6.05. The molecule has 1 aliphatic carbocycles. The second-order valence-electron chi connectivity index (χ2n) is 7.63. The van der Waals surface area contributed by atoms with Crippen molar-refractivity contribution in [1.29, 1.82) is 0 Å². The molecular formula is C21H28N2O4. The second-order valence-corrected chi connectivity index (χ2v) is 7.63. The van der Waals surface area contributed by atoms with Crippen molar-refractivity contribution in [2.75, 3.05) is 6.54 Å². The number of nitrogens with zero attached hydrogens (tertiary/aromatic N) is 1. The average molecular weight is 372 g/mol. The van der Waals surface area contributed by atoms with E-state index in [1.165, 1.54) is 4.90 Å². The van der Waals surface area contributed by atoms with Crippen molar-refractivity contribution in [3.05, 3.63) is 29.8 Å². The quantitative estimate of drug-likeness (QED) is 0.747.